The molecule has 2 fully saturated rings. The van der Waals surface area contributed by atoms with Crippen LogP contribution in [-0.2, 0) is 14.3 Å². The first-order valence-corrected chi connectivity index (χ1v) is 7.76. The molecule has 2 N–H and O–H groups in total. The Morgan fingerprint density at radius 1 is 1.35 bits per heavy atom. The van der Waals surface area contributed by atoms with Crippen LogP contribution in [0.3, 0.4) is 0 Å². The maximum absolute atomic E-state index is 12.0. The molecule has 0 radical (unpaired) electrons. The summed E-state index contributed by atoms with van der Waals surface area (Å²) in [6.07, 6.45) is 2.87. The molecule has 5 heteroatoms. The molecule has 0 aromatic heterocycles. The SMILES string of the molecule is CC(C)CNC(=O)C(C)NC1CCOC2(CCOC2)C1. The standard InChI is InChI=1S/C15H28N2O3/c1-11(2)9-16-14(18)12(3)17-13-4-6-20-15(8-13)5-7-19-10-15/h11-13,17H,4-10H2,1-3H3,(H,16,18). The Morgan fingerprint density at radius 2 is 2.15 bits per heavy atom. The molecule has 3 unspecified atom stereocenters. The number of rotatable bonds is 5. The van der Waals surface area contributed by atoms with Gasteiger partial charge in [-0.05, 0) is 25.7 Å². The number of amides is 1. The Kier molecular flexibility index (Phi) is 5.41. The molecule has 2 saturated heterocycles. The van der Waals surface area contributed by atoms with Crippen molar-refractivity contribution in [2.75, 3.05) is 26.4 Å². The Morgan fingerprint density at radius 3 is 2.80 bits per heavy atom. The van der Waals surface area contributed by atoms with Gasteiger partial charge in [0.05, 0.1) is 18.2 Å². The third-order valence-electron chi connectivity index (χ3n) is 4.12. The van der Waals surface area contributed by atoms with Crippen molar-refractivity contribution in [3.8, 4) is 0 Å². The average Bonchev–Trinajstić information content (AvgIpc) is 2.83. The quantitative estimate of drug-likeness (QED) is 0.793. The Bertz CT molecular complexity index is 327. The number of hydrogen-bond donors (Lipinski definition) is 2. The van der Waals surface area contributed by atoms with Crippen molar-refractivity contribution in [3.63, 3.8) is 0 Å². The predicted octanol–water partition coefficient (Wildman–Crippen LogP) is 1.07. The second-order valence-electron chi connectivity index (χ2n) is 6.55. The Hall–Kier alpha value is -0.650. The zero-order valence-corrected chi connectivity index (χ0v) is 12.9. The molecule has 3 atom stereocenters. The van der Waals surface area contributed by atoms with Gasteiger partial charge in [-0.15, -0.1) is 0 Å². The summed E-state index contributed by atoms with van der Waals surface area (Å²) >= 11 is 0. The summed E-state index contributed by atoms with van der Waals surface area (Å²) in [6.45, 7) is 9.10. The molecule has 1 spiro atoms. The minimum atomic E-state index is -0.156. The number of carbonyl (C=O) groups excluding carboxylic acids is 1. The maximum atomic E-state index is 12.0. The molecule has 2 aliphatic heterocycles. The third-order valence-corrected chi connectivity index (χ3v) is 4.12. The molecule has 0 bridgehead atoms. The Labute approximate surface area is 121 Å². The van der Waals surface area contributed by atoms with E-state index in [4.69, 9.17) is 9.47 Å². The van der Waals surface area contributed by atoms with E-state index >= 15 is 0 Å². The van der Waals surface area contributed by atoms with E-state index in [1.807, 2.05) is 6.92 Å². The monoisotopic (exact) mass is 284 g/mol. The normalized spacial score (nSPS) is 31.7. The zero-order chi connectivity index (χ0) is 14.6. The first kappa shape index (κ1) is 15.7. The van der Waals surface area contributed by atoms with Crippen molar-refractivity contribution in [1.29, 1.82) is 0 Å². The fourth-order valence-electron chi connectivity index (χ4n) is 2.92. The van der Waals surface area contributed by atoms with Gasteiger partial charge in [0.1, 0.15) is 0 Å². The molecule has 0 aromatic rings. The summed E-state index contributed by atoms with van der Waals surface area (Å²) in [5.41, 5.74) is -0.107. The molecular weight excluding hydrogens is 256 g/mol. The molecule has 0 aliphatic carbocycles. The molecule has 0 saturated carbocycles. The van der Waals surface area contributed by atoms with Crippen LogP contribution in [-0.4, -0.2) is 50.0 Å². The van der Waals surface area contributed by atoms with Gasteiger partial charge in [-0.1, -0.05) is 13.8 Å². The third kappa shape index (κ3) is 4.17. The van der Waals surface area contributed by atoms with Crippen LogP contribution in [0.2, 0.25) is 0 Å². The van der Waals surface area contributed by atoms with Crippen LogP contribution in [0.4, 0.5) is 0 Å². The highest BCUT2D eigenvalue weighted by Gasteiger charge is 2.41. The van der Waals surface area contributed by atoms with E-state index in [1.54, 1.807) is 0 Å². The lowest BCUT2D eigenvalue weighted by atomic mass is 9.89. The van der Waals surface area contributed by atoms with Gasteiger partial charge in [-0.3, -0.25) is 4.79 Å². The molecule has 5 nitrogen and oxygen atoms in total. The number of hydrogen-bond acceptors (Lipinski definition) is 4. The zero-order valence-electron chi connectivity index (χ0n) is 12.9. The van der Waals surface area contributed by atoms with Gasteiger partial charge in [0, 0.05) is 32.2 Å². The maximum Gasteiger partial charge on any atom is 0.236 e. The van der Waals surface area contributed by atoms with E-state index in [1.165, 1.54) is 0 Å². The van der Waals surface area contributed by atoms with Gasteiger partial charge in [0.2, 0.25) is 5.91 Å². The van der Waals surface area contributed by atoms with Crippen LogP contribution in [0.25, 0.3) is 0 Å². The van der Waals surface area contributed by atoms with Crippen molar-refractivity contribution in [1.82, 2.24) is 10.6 Å². The molecule has 2 heterocycles. The van der Waals surface area contributed by atoms with Crippen molar-refractivity contribution in [3.05, 3.63) is 0 Å². The van der Waals surface area contributed by atoms with Crippen molar-refractivity contribution >= 4 is 5.91 Å². The average molecular weight is 284 g/mol. The van der Waals surface area contributed by atoms with Crippen molar-refractivity contribution < 1.29 is 14.3 Å². The second kappa shape index (κ2) is 6.87. The molecule has 20 heavy (non-hydrogen) atoms. The van der Waals surface area contributed by atoms with E-state index in [2.05, 4.69) is 24.5 Å². The lowest BCUT2D eigenvalue weighted by Crippen LogP contribution is -2.53. The van der Waals surface area contributed by atoms with Crippen LogP contribution in [0.1, 0.15) is 40.0 Å². The van der Waals surface area contributed by atoms with Gasteiger partial charge in [-0.25, -0.2) is 0 Å². The highest BCUT2D eigenvalue weighted by molar-refractivity contribution is 5.81. The highest BCUT2D eigenvalue weighted by Crippen LogP contribution is 2.32. The molecule has 1 amide bonds. The molecule has 2 rings (SSSR count). The minimum Gasteiger partial charge on any atom is -0.378 e. The minimum absolute atomic E-state index is 0.0851. The van der Waals surface area contributed by atoms with E-state index in [-0.39, 0.29) is 17.6 Å². The topological polar surface area (TPSA) is 59.6 Å². The lowest BCUT2D eigenvalue weighted by molar-refractivity contribution is -0.124. The van der Waals surface area contributed by atoms with Crippen LogP contribution in [0, 0.1) is 5.92 Å². The van der Waals surface area contributed by atoms with Crippen LogP contribution in [0.15, 0.2) is 0 Å². The van der Waals surface area contributed by atoms with E-state index in [0.717, 1.165) is 39.0 Å². The van der Waals surface area contributed by atoms with Crippen molar-refractivity contribution in [2.45, 2.75) is 57.7 Å². The first-order valence-electron chi connectivity index (χ1n) is 7.76. The van der Waals surface area contributed by atoms with Gasteiger partial charge in [0.15, 0.2) is 0 Å². The molecular formula is C15H28N2O3. The molecule has 2 aliphatic rings. The predicted molar refractivity (Wildman–Crippen MR) is 77.6 cm³/mol. The van der Waals surface area contributed by atoms with E-state index in [0.29, 0.717) is 18.6 Å². The Balaban J connectivity index is 1.78. The van der Waals surface area contributed by atoms with Gasteiger partial charge < -0.3 is 20.1 Å². The summed E-state index contributed by atoms with van der Waals surface area (Å²) < 4.78 is 11.4. The van der Waals surface area contributed by atoms with E-state index < -0.39 is 0 Å². The van der Waals surface area contributed by atoms with E-state index in [9.17, 15) is 4.79 Å². The number of nitrogens with one attached hydrogen (secondary N) is 2. The lowest BCUT2D eigenvalue weighted by Gasteiger charge is -2.38. The molecule has 116 valence electrons. The van der Waals surface area contributed by atoms with Crippen LogP contribution in [0.5, 0.6) is 0 Å². The summed E-state index contributed by atoms with van der Waals surface area (Å²) in [5, 5.41) is 6.42. The van der Waals surface area contributed by atoms with Gasteiger partial charge in [0.25, 0.3) is 0 Å². The number of carbonyl (C=O) groups is 1. The van der Waals surface area contributed by atoms with Gasteiger partial charge in [-0.2, -0.15) is 0 Å². The molecule has 0 aromatic carbocycles. The van der Waals surface area contributed by atoms with Crippen LogP contribution >= 0.6 is 0 Å². The summed E-state index contributed by atoms with van der Waals surface area (Å²) in [6, 6.07) is 0.182. The highest BCUT2D eigenvalue weighted by atomic mass is 16.6. The largest absolute Gasteiger partial charge is 0.378 e. The summed E-state index contributed by atoms with van der Waals surface area (Å²) in [7, 11) is 0. The number of ether oxygens (including phenoxy) is 2. The fraction of sp³-hybridized carbons (Fsp3) is 0.933. The first-order chi connectivity index (χ1) is 9.51. The van der Waals surface area contributed by atoms with Gasteiger partial charge >= 0.3 is 0 Å². The summed E-state index contributed by atoms with van der Waals surface area (Å²) in [4.78, 5) is 12.0. The second-order valence-corrected chi connectivity index (χ2v) is 6.55. The summed E-state index contributed by atoms with van der Waals surface area (Å²) in [5.74, 6) is 0.565. The smallest absolute Gasteiger partial charge is 0.236 e. The van der Waals surface area contributed by atoms with Crippen molar-refractivity contribution in [2.24, 2.45) is 5.92 Å². The fourth-order valence-corrected chi connectivity index (χ4v) is 2.92. The van der Waals surface area contributed by atoms with Crippen LogP contribution < -0.4 is 10.6 Å².